The zero-order valence-corrected chi connectivity index (χ0v) is 15.2. The lowest BCUT2D eigenvalue weighted by molar-refractivity contribution is -0.119. The number of hydrogen-bond donors (Lipinski definition) is 0. The highest BCUT2D eigenvalue weighted by Crippen LogP contribution is 2.42. The Kier molecular flexibility index (Phi) is 4.47. The first kappa shape index (κ1) is 16.8. The maximum Gasteiger partial charge on any atom is 0.231 e. The molecule has 0 spiro atoms. The summed E-state index contributed by atoms with van der Waals surface area (Å²) in [7, 11) is 0. The average Bonchev–Trinajstić information content (AvgIpc) is 3.17. The molecule has 0 bridgehead atoms. The fourth-order valence-corrected chi connectivity index (χ4v) is 3.70. The van der Waals surface area contributed by atoms with Crippen molar-refractivity contribution >= 4 is 23.5 Å². The molecule has 132 valence electrons. The third kappa shape index (κ3) is 2.88. The predicted octanol–water partition coefficient (Wildman–Crippen LogP) is 4.41. The van der Waals surface area contributed by atoms with Gasteiger partial charge in [-0.1, -0.05) is 61.0 Å². The summed E-state index contributed by atoms with van der Waals surface area (Å²) in [5.74, 6) is 0.638. The van der Waals surface area contributed by atoms with Gasteiger partial charge >= 0.3 is 0 Å². The summed E-state index contributed by atoms with van der Waals surface area (Å²) in [4.78, 5) is 18.9. The molecule has 2 heterocycles. The number of amides is 1. The second-order valence-corrected chi connectivity index (χ2v) is 6.79. The van der Waals surface area contributed by atoms with Crippen LogP contribution in [0.2, 0.25) is 5.02 Å². The number of nitrogens with zero attached hydrogens (tertiary/aromatic N) is 4. The third-order valence-electron chi connectivity index (χ3n) is 4.83. The maximum absolute atomic E-state index is 12.7. The van der Waals surface area contributed by atoms with E-state index in [1.165, 1.54) is 6.33 Å². The molecule has 1 aromatic heterocycles. The maximum atomic E-state index is 12.7. The van der Waals surface area contributed by atoms with Crippen LogP contribution in [0.4, 0.5) is 5.95 Å². The van der Waals surface area contributed by atoms with Gasteiger partial charge in [-0.25, -0.2) is 4.68 Å². The predicted molar refractivity (Wildman–Crippen MR) is 101 cm³/mol. The van der Waals surface area contributed by atoms with Crippen LogP contribution < -0.4 is 4.90 Å². The number of carbonyl (C=O) groups excluding carboxylic acids is 1. The molecule has 0 saturated carbocycles. The van der Waals surface area contributed by atoms with Crippen molar-refractivity contribution in [2.24, 2.45) is 0 Å². The van der Waals surface area contributed by atoms with Gasteiger partial charge in [0.15, 0.2) is 0 Å². The fraction of sp³-hybridized carbons (Fsp3) is 0.250. The summed E-state index contributed by atoms with van der Waals surface area (Å²) in [6.07, 6.45) is 2.66. The smallest absolute Gasteiger partial charge is 0.231 e. The topological polar surface area (TPSA) is 51.0 Å². The van der Waals surface area contributed by atoms with Crippen molar-refractivity contribution in [2.45, 2.75) is 31.8 Å². The number of carbonyl (C=O) groups is 1. The van der Waals surface area contributed by atoms with Gasteiger partial charge in [0.25, 0.3) is 0 Å². The molecule has 1 aliphatic rings. The third-order valence-corrected chi connectivity index (χ3v) is 5.09. The number of halogens is 1. The first-order valence-electron chi connectivity index (χ1n) is 8.71. The molecule has 0 unspecified atom stereocenters. The highest BCUT2D eigenvalue weighted by atomic mass is 35.5. The number of anilines is 1. The molecule has 26 heavy (non-hydrogen) atoms. The van der Waals surface area contributed by atoms with E-state index in [0.717, 1.165) is 17.5 Å². The number of aromatic nitrogens is 3. The van der Waals surface area contributed by atoms with Crippen molar-refractivity contribution in [1.29, 1.82) is 0 Å². The van der Waals surface area contributed by atoms with Crippen molar-refractivity contribution in [1.82, 2.24) is 14.8 Å². The summed E-state index contributed by atoms with van der Waals surface area (Å²) < 4.78 is 1.84. The second-order valence-electron chi connectivity index (χ2n) is 6.35. The van der Waals surface area contributed by atoms with Crippen molar-refractivity contribution < 1.29 is 4.79 Å². The van der Waals surface area contributed by atoms with Gasteiger partial charge in [-0.2, -0.15) is 10.1 Å². The minimum Gasteiger partial charge on any atom is -0.274 e. The highest BCUT2D eigenvalue weighted by Gasteiger charge is 2.38. The molecular formula is C20H19ClN4O. The Labute approximate surface area is 157 Å². The first-order chi connectivity index (χ1) is 12.7. The van der Waals surface area contributed by atoms with Gasteiger partial charge in [0, 0.05) is 11.4 Å². The Hall–Kier alpha value is -2.66. The van der Waals surface area contributed by atoms with E-state index in [4.69, 9.17) is 11.6 Å². The van der Waals surface area contributed by atoms with Gasteiger partial charge in [0.2, 0.25) is 11.9 Å². The van der Waals surface area contributed by atoms with Crippen LogP contribution in [0.15, 0.2) is 60.9 Å². The van der Waals surface area contributed by atoms with Crippen LogP contribution in [0.1, 0.15) is 43.0 Å². The lowest BCUT2D eigenvalue weighted by Gasteiger charge is -2.39. The van der Waals surface area contributed by atoms with Gasteiger partial charge in [-0.3, -0.25) is 9.69 Å². The van der Waals surface area contributed by atoms with E-state index in [0.29, 0.717) is 17.4 Å². The molecule has 2 atom stereocenters. The zero-order chi connectivity index (χ0) is 18.1. The second kappa shape index (κ2) is 6.92. The summed E-state index contributed by atoms with van der Waals surface area (Å²) in [6, 6.07) is 17.8. The molecule has 4 rings (SSSR count). The van der Waals surface area contributed by atoms with Crippen molar-refractivity contribution in [3.63, 3.8) is 0 Å². The Morgan fingerprint density at radius 3 is 2.46 bits per heavy atom. The highest BCUT2D eigenvalue weighted by molar-refractivity contribution is 6.30. The van der Waals surface area contributed by atoms with E-state index in [9.17, 15) is 4.79 Å². The van der Waals surface area contributed by atoms with Gasteiger partial charge in [0.05, 0.1) is 12.1 Å². The van der Waals surface area contributed by atoms with E-state index in [1.54, 1.807) is 4.90 Å². The Morgan fingerprint density at radius 2 is 1.77 bits per heavy atom. The Morgan fingerprint density at radius 1 is 1.08 bits per heavy atom. The molecule has 1 aliphatic heterocycles. The van der Waals surface area contributed by atoms with Crippen LogP contribution in [-0.4, -0.2) is 20.7 Å². The SMILES string of the molecule is CCC(=O)N1c2ncnn2[C@H](c2ccc(Cl)cc2)C[C@@H]1c1ccccc1. The number of hydrogen-bond acceptors (Lipinski definition) is 3. The van der Waals surface area contributed by atoms with Gasteiger partial charge in [-0.15, -0.1) is 0 Å². The molecule has 0 fully saturated rings. The normalized spacial score (nSPS) is 19.2. The minimum atomic E-state index is -0.0824. The van der Waals surface area contributed by atoms with E-state index >= 15 is 0 Å². The summed E-state index contributed by atoms with van der Waals surface area (Å²) in [5, 5.41) is 5.11. The number of rotatable bonds is 3. The van der Waals surface area contributed by atoms with Crippen LogP contribution in [0.3, 0.4) is 0 Å². The molecular weight excluding hydrogens is 348 g/mol. The van der Waals surface area contributed by atoms with Crippen LogP contribution in [0.5, 0.6) is 0 Å². The van der Waals surface area contributed by atoms with Crippen LogP contribution >= 0.6 is 11.6 Å². The van der Waals surface area contributed by atoms with Crippen molar-refractivity contribution in [3.05, 3.63) is 77.1 Å². The van der Waals surface area contributed by atoms with Gasteiger partial charge in [-0.05, 0) is 29.7 Å². The van der Waals surface area contributed by atoms with Gasteiger partial charge < -0.3 is 0 Å². The van der Waals surface area contributed by atoms with Crippen LogP contribution in [0.25, 0.3) is 0 Å². The minimum absolute atomic E-state index is 0.00382. The van der Waals surface area contributed by atoms with E-state index in [1.807, 2.05) is 54.1 Å². The molecule has 0 aliphatic carbocycles. The Bertz CT molecular complexity index is 907. The van der Waals surface area contributed by atoms with Crippen molar-refractivity contribution in [3.8, 4) is 0 Å². The molecule has 0 saturated heterocycles. The molecule has 0 N–H and O–H groups in total. The van der Waals surface area contributed by atoms with Crippen LogP contribution in [0, 0.1) is 0 Å². The van der Waals surface area contributed by atoms with Gasteiger partial charge in [0.1, 0.15) is 6.33 Å². The summed E-state index contributed by atoms with van der Waals surface area (Å²) >= 11 is 6.05. The molecule has 6 heteroatoms. The van der Waals surface area contributed by atoms with Crippen molar-refractivity contribution in [2.75, 3.05) is 4.90 Å². The first-order valence-corrected chi connectivity index (χ1v) is 9.08. The molecule has 1 amide bonds. The largest absolute Gasteiger partial charge is 0.274 e. The zero-order valence-electron chi connectivity index (χ0n) is 14.4. The molecule has 0 radical (unpaired) electrons. The lowest BCUT2D eigenvalue weighted by Crippen LogP contribution is -2.42. The monoisotopic (exact) mass is 366 g/mol. The quantitative estimate of drug-likeness (QED) is 0.690. The lowest BCUT2D eigenvalue weighted by atomic mass is 9.92. The fourth-order valence-electron chi connectivity index (χ4n) is 3.57. The number of fused-ring (bicyclic) bond motifs is 1. The number of benzene rings is 2. The average molecular weight is 367 g/mol. The summed E-state index contributed by atoms with van der Waals surface area (Å²) in [6.45, 7) is 1.87. The standard InChI is InChI=1S/C20H19ClN4O/c1-2-19(26)24-17(14-6-4-3-5-7-14)12-18(25-20(24)22-13-23-25)15-8-10-16(21)11-9-15/h3-11,13,17-18H,2,12H2,1H3/t17-,18+/m1/s1. The molecule has 2 aromatic carbocycles. The summed E-state index contributed by atoms with van der Waals surface area (Å²) in [5.41, 5.74) is 2.20. The van der Waals surface area contributed by atoms with E-state index < -0.39 is 0 Å². The van der Waals surface area contributed by atoms with Crippen LogP contribution in [-0.2, 0) is 4.79 Å². The van der Waals surface area contributed by atoms with E-state index in [2.05, 4.69) is 22.2 Å². The van der Waals surface area contributed by atoms with E-state index in [-0.39, 0.29) is 18.0 Å². The Balaban J connectivity index is 1.83. The molecule has 3 aromatic rings. The molecule has 5 nitrogen and oxygen atoms in total.